The highest BCUT2D eigenvalue weighted by Gasteiger charge is 2.32. The predicted octanol–water partition coefficient (Wildman–Crippen LogP) is 6.47. The molecule has 5 aromatic carbocycles. The SMILES string of the molecule is N#C/N=c1\c2cc(C(F)(F)F)ccc2c2cc3cc4nc5/c(=N/C#N)c6cc(C(F)(F)F)ccc6c5nc4cc3nc12. The number of hydrogen-bond acceptors (Lipinski definition) is 7. The van der Waals surface area contributed by atoms with Crippen molar-refractivity contribution in [3.8, 4) is 12.4 Å². The summed E-state index contributed by atoms with van der Waals surface area (Å²) in [5, 5.41) is 20.4. The van der Waals surface area contributed by atoms with Gasteiger partial charge in [0.15, 0.2) is 0 Å². The molecule has 2 aromatic heterocycles. The number of nitriles is 2. The van der Waals surface area contributed by atoms with Crippen molar-refractivity contribution in [2.75, 3.05) is 0 Å². The Bertz CT molecular complexity index is 2350. The minimum atomic E-state index is -4.61. The van der Waals surface area contributed by atoms with E-state index in [4.69, 9.17) is 0 Å². The van der Waals surface area contributed by atoms with E-state index in [1.165, 1.54) is 12.1 Å². The second kappa shape index (κ2) is 8.41. The molecule has 0 fully saturated rings. The molecule has 42 heavy (non-hydrogen) atoms. The molecular weight excluding hydrogens is 560 g/mol. The largest absolute Gasteiger partial charge is 0.416 e. The Labute approximate surface area is 228 Å². The Morgan fingerprint density at radius 2 is 1.05 bits per heavy atom. The average Bonchev–Trinajstić information content (AvgIpc) is 3.40. The van der Waals surface area contributed by atoms with Gasteiger partial charge in [-0.25, -0.2) is 15.0 Å². The van der Waals surface area contributed by atoms with Crippen molar-refractivity contribution < 1.29 is 26.3 Å². The number of alkyl halides is 6. The molecule has 0 aliphatic carbocycles. The number of pyridine rings is 1. The Morgan fingerprint density at radius 1 is 0.524 bits per heavy atom. The Balaban J connectivity index is 1.56. The lowest BCUT2D eigenvalue weighted by atomic mass is 10.1. The summed E-state index contributed by atoms with van der Waals surface area (Å²) in [7, 11) is 0. The molecule has 0 amide bonds. The van der Waals surface area contributed by atoms with Gasteiger partial charge in [-0.2, -0.15) is 46.9 Å². The van der Waals surface area contributed by atoms with E-state index in [0.717, 1.165) is 24.3 Å². The second-order valence-electron chi connectivity index (χ2n) is 9.48. The number of benzene rings is 3. The van der Waals surface area contributed by atoms with E-state index < -0.39 is 23.5 Å². The third kappa shape index (κ3) is 3.64. The standard InChI is InChI=1S/C29H9F6N7/c30-28(31,32)13-1-3-15-17-5-12-6-21-22(9-20(12)40-26(17)23(38-10-36)18(15)7-13)41-25-16-4-2-14(29(33,34)35)8-19(16)24(39-11-37)27(25)42-21/h1-9H/b38-23+,39-24+. The van der Waals surface area contributed by atoms with Gasteiger partial charge in [0.1, 0.15) is 16.2 Å². The summed E-state index contributed by atoms with van der Waals surface area (Å²) in [6, 6.07) is 11.1. The molecule has 0 unspecified atom stereocenters. The first kappa shape index (κ1) is 25.3. The van der Waals surface area contributed by atoms with Gasteiger partial charge in [-0.3, -0.25) is 0 Å². The van der Waals surface area contributed by atoms with E-state index in [0.29, 0.717) is 38.1 Å². The number of rotatable bonds is 0. The fourth-order valence-electron chi connectivity index (χ4n) is 5.32. The van der Waals surface area contributed by atoms with E-state index in [9.17, 15) is 36.9 Å². The van der Waals surface area contributed by atoms with Crippen LogP contribution in [0, 0.1) is 22.9 Å². The fourth-order valence-corrected chi connectivity index (χ4v) is 5.32. The van der Waals surface area contributed by atoms with Crippen molar-refractivity contribution in [1.82, 2.24) is 15.0 Å². The molecular formula is C29H9F6N7. The summed E-state index contributed by atoms with van der Waals surface area (Å²) in [6.07, 6.45) is -5.97. The number of hydrogen-bond donors (Lipinski definition) is 0. The minimum Gasteiger partial charge on any atom is -0.245 e. The van der Waals surface area contributed by atoms with Crippen LogP contribution in [0.2, 0.25) is 0 Å². The number of fused-ring (bicyclic) bond motifs is 8. The van der Waals surface area contributed by atoms with Crippen LogP contribution >= 0.6 is 0 Å². The Kier molecular flexibility index (Phi) is 5.06. The molecule has 0 atom stereocenters. The van der Waals surface area contributed by atoms with Crippen LogP contribution in [0.15, 0.2) is 64.6 Å². The first-order chi connectivity index (χ1) is 20.0. The third-order valence-electron chi connectivity index (χ3n) is 7.12. The average molecular weight is 569 g/mol. The monoisotopic (exact) mass is 569 g/mol. The summed E-state index contributed by atoms with van der Waals surface area (Å²) in [5.74, 6) is 0. The van der Waals surface area contributed by atoms with Gasteiger partial charge < -0.3 is 0 Å². The van der Waals surface area contributed by atoms with Crippen LogP contribution in [0.4, 0.5) is 26.3 Å². The Morgan fingerprint density at radius 3 is 1.67 bits per heavy atom. The molecule has 7 rings (SSSR count). The van der Waals surface area contributed by atoms with Gasteiger partial charge >= 0.3 is 12.4 Å². The summed E-state index contributed by atoms with van der Waals surface area (Å²) >= 11 is 0. The maximum atomic E-state index is 13.4. The van der Waals surface area contributed by atoms with Gasteiger partial charge in [-0.15, -0.1) is 0 Å². The molecule has 7 nitrogen and oxygen atoms in total. The molecule has 7 aromatic rings. The number of aromatic nitrogens is 3. The third-order valence-corrected chi connectivity index (χ3v) is 7.12. The molecule has 2 heterocycles. The molecule has 0 saturated heterocycles. The van der Waals surface area contributed by atoms with Crippen LogP contribution in [-0.2, 0) is 12.4 Å². The quantitative estimate of drug-likeness (QED) is 0.118. The lowest BCUT2D eigenvalue weighted by molar-refractivity contribution is -0.138. The van der Waals surface area contributed by atoms with Gasteiger partial charge in [-0.05, 0) is 47.9 Å². The van der Waals surface area contributed by atoms with Crippen LogP contribution < -0.4 is 10.7 Å². The smallest absolute Gasteiger partial charge is 0.245 e. The first-order valence-corrected chi connectivity index (χ1v) is 12.0. The summed E-state index contributed by atoms with van der Waals surface area (Å²) in [6.45, 7) is 0. The summed E-state index contributed by atoms with van der Waals surface area (Å²) < 4.78 is 80.5. The van der Waals surface area contributed by atoms with Crippen LogP contribution in [0.3, 0.4) is 0 Å². The summed E-state index contributed by atoms with van der Waals surface area (Å²) in [4.78, 5) is 21.3. The van der Waals surface area contributed by atoms with Crippen molar-refractivity contribution in [3.05, 3.63) is 76.4 Å². The first-order valence-electron chi connectivity index (χ1n) is 12.0. The lowest BCUT2D eigenvalue weighted by Crippen LogP contribution is -2.06. The highest BCUT2D eigenvalue weighted by Crippen LogP contribution is 2.36. The van der Waals surface area contributed by atoms with Crippen LogP contribution in [0.5, 0.6) is 0 Å². The van der Waals surface area contributed by atoms with Crippen molar-refractivity contribution >= 4 is 65.4 Å². The van der Waals surface area contributed by atoms with Crippen molar-refractivity contribution in [2.24, 2.45) is 9.98 Å². The van der Waals surface area contributed by atoms with Gasteiger partial charge in [0, 0.05) is 26.9 Å². The molecule has 0 N–H and O–H groups in total. The molecule has 0 bridgehead atoms. The van der Waals surface area contributed by atoms with E-state index >= 15 is 0 Å². The molecule has 0 aliphatic heterocycles. The molecule has 0 saturated carbocycles. The fraction of sp³-hybridized carbons (Fsp3) is 0.0690. The zero-order chi connectivity index (χ0) is 29.6. The predicted molar refractivity (Wildman–Crippen MR) is 140 cm³/mol. The lowest BCUT2D eigenvalue weighted by Gasteiger charge is -2.06. The van der Waals surface area contributed by atoms with E-state index in [2.05, 4.69) is 24.9 Å². The number of halogens is 6. The zero-order valence-corrected chi connectivity index (χ0v) is 20.6. The van der Waals surface area contributed by atoms with Gasteiger partial charge in [0.25, 0.3) is 0 Å². The zero-order valence-electron chi connectivity index (χ0n) is 20.6. The van der Waals surface area contributed by atoms with Crippen molar-refractivity contribution in [3.63, 3.8) is 0 Å². The van der Waals surface area contributed by atoms with E-state index in [-0.39, 0.29) is 38.0 Å². The van der Waals surface area contributed by atoms with E-state index in [1.54, 1.807) is 30.6 Å². The van der Waals surface area contributed by atoms with Crippen LogP contribution in [-0.4, -0.2) is 15.0 Å². The molecule has 0 spiro atoms. The molecule has 202 valence electrons. The second-order valence-corrected chi connectivity index (χ2v) is 9.48. The normalized spacial score (nSPS) is 13.7. The highest BCUT2D eigenvalue weighted by atomic mass is 19.4. The molecule has 0 aliphatic rings. The maximum absolute atomic E-state index is 13.4. The molecule has 13 heteroatoms. The van der Waals surface area contributed by atoms with E-state index in [1.807, 2.05) is 0 Å². The minimum absolute atomic E-state index is 0.00221. The van der Waals surface area contributed by atoms with Crippen molar-refractivity contribution in [2.45, 2.75) is 12.4 Å². The molecule has 0 radical (unpaired) electrons. The van der Waals surface area contributed by atoms with Gasteiger partial charge in [-0.1, -0.05) is 12.1 Å². The van der Waals surface area contributed by atoms with Gasteiger partial charge in [0.2, 0.25) is 12.4 Å². The van der Waals surface area contributed by atoms with Gasteiger partial charge in [0.05, 0.1) is 38.7 Å². The van der Waals surface area contributed by atoms with Crippen LogP contribution in [0.25, 0.3) is 65.4 Å². The Hall–Kier alpha value is -5.69. The maximum Gasteiger partial charge on any atom is 0.416 e. The number of nitrogens with zero attached hydrogens (tertiary/aromatic N) is 7. The topological polar surface area (TPSA) is 111 Å². The van der Waals surface area contributed by atoms with Crippen LogP contribution in [0.1, 0.15) is 11.1 Å². The highest BCUT2D eigenvalue weighted by molar-refractivity contribution is 6.15. The summed E-state index contributed by atoms with van der Waals surface area (Å²) in [5.41, 5.74) is -0.177. The van der Waals surface area contributed by atoms with Crippen molar-refractivity contribution in [1.29, 1.82) is 10.5 Å².